The van der Waals surface area contributed by atoms with Crippen molar-refractivity contribution in [2.45, 2.75) is 6.92 Å². The normalized spacial score (nSPS) is 11.5. The molecular formula is C14H15N3. The van der Waals surface area contributed by atoms with Crippen LogP contribution >= 0.6 is 0 Å². The average Bonchev–Trinajstić information content (AvgIpc) is 2.74. The molecule has 2 N–H and O–H groups in total. The molecule has 0 spiro atoms. The van der Waals surface area contributed by atoms with E-state index in [1.165, 1.54) is 6.20 Å². The summed E-state index contributed by atoms with van der Waals surface area (Å²) in [6.45, 7) is 5.71. The molecule has 0 saturated heterocycles. The van der Waals surface area contributed by atoms with Crippen LogP contribution in [0.2, 0.25) is 0 Å². The van der Waals surface area contributed by atoms with Gasteiger partial charge in [-0.1, -0.05) is 30.9 Å². The van der Waals surface area contributed by atoms with Crippen molar-refractivity contribution < 1.29 is 0 Å². The second-order valence-electron chi connectivity index (χ2n) is 3.74. The molecule has 0 radical (unpaired) electrons. The van der Waals surface area contributed by atoms with E-state index in [-0.39, 0.29) is 0 Å². The number of nitrogens with zero attached hydrogens (tertiary/aromatic N) is 2. The van der Waals surface area contributed by atoms with Crippen LogP contribution in [0, 0.1) is 6.92 Å². The lowest BCUT2D eigenvalue weighted by Gasteiger charge is -2.07. The molecule has 0 bridgehead atoms. The number of hydrogen-bond acceptors (Lipinski definition) is 2. The molecule has 0 aliphatic rings. The van der Waals surface area contributed by atoms with Crippen LogP contribution in [0.25, 0.3) is 11.3 Å². The molecule has 1 aromatic heterocycles. The first-order valence-electron chi connectivity index (χ1n) is 5.42. The number of aryl methyl sites for hydroxylation is 1. The van der Waals surface area contributed by atoms with Crippen molar-refractivity contribution in [3.8, 4) is 5.69 Å². The lowest BCUT2D eigenvalue weighted by molar-refractivity contribution is 1.02. The monoisotopic (exact) mass is 225 g/mol. The summed E-state index contributed by atoms with van der Waals surface area (Å²) in [6.07, 6.45) is 5.22. The summed E-state index contributed by atoms with van der Waals surface area (Å²) in [5, 5.41) is 0. The van der Waals surface area contributed by atoms with Gasteiger partial charge in [-0.25, -0.2) is 4.98 Å². The number of para-hydroxylation sites is 1. The van der Waals surface area contributed by atoms with Crippen LogP contribution in [0.4, 0.5) is 0 Å². The molecule has 1 heterocycles. The molecule has 1 aromatic carbocycles. The van der Waals surface area contributed by atoms with Gasteiger partial charge >= 0.3 is 0 Å². The molecule has 0 unspecified atom stereocenters. The summed E-state index contributed by atoms with van der Waals surface area (Å²) < 4.78 is 2.01. The van der Waals surface area contributed by atoms with Crippen LogP contribution in [-0.2, 0) is 0 Å². The Kier molecular flexibility index (Phi) is 3.10. The van der Waals surface area contributed by atoms with E-state index < -0.39 is 0 Å². The number of aromatic nitrogens is 2. The minimum Gasteiger partial charge on any atom is -0.404 e. The third kappa shape index (κ3) is 2.13. The summed E-state index contributed by atoms with van der Waals surface area (Å²) in [4.78, 5) is 4.47. The van der Waals surface area contributed by atoms with Gasteiger partial charge in [0.1, 0.15) is 5.82 Å². The van der Waals surface area contributed by atoms with Gasteiger partial charge in [0.15, 0.2) is 0 Å². The zero-order chi connectivity index (χ0) is 12.3. The van der Waals surface area contributed by atoms with Crippen LogP contribution in [0.1, 0.15) is 11.5 Å². The summed E-state index contributed by atoms with van der Waals surface area (Å²) in [7, 11) is 0. The fourth-order valence-electron chi connectivity index (χ4n) is 1.72. The van der Waals surface area contributed by atoms with Crippen molar-refractivity contribution >= 4 is 5.57 Å². The third-order valence-corrected chi connectivity index (χ3v) is 2.52. The van der Waals surface area contributed by atoms with E-state index in [0.717, 1.165) is 22.8 Å². The Bertz CT molecular complexity index is 550. The standard InChI is InChI=1S/C14H15N3/c1-3-12(9-15)14-16-11(2)10-17(14)13-7-5-4-6-8-13/h3-10H,1,15H2,2H3/b12-9+. The largest absolute Gasteiger partial charge is 0.404 e. The molecule has 0 aliphatic carbocycles. The van der Waals surface area contributed by atoms with Crippen LogP contribution in [0.5, 0.6) is 0 Å². The molecule has 2 rings (SSSR count). The van der Waals surface area contributed by atoms with E-state index >= 15 is 0 Å². The lowest BCUT2D eigenvalue weighted by atomic mass is 10.2. The van der Waals surface area contributed by atoms with E-state index in [1.54, 1.807) is 6.08 Å². The van der Waals surface area contributed by atoms with Gasteiger partial charge in [0.2, 0.25) is 0 Å². The first kappa shape index (κ1) is 11.2. The van der Waals surface area contributed by atoms with E-state index in [1.807, 2.05) is 48.0 Å². The Labute approximate surface area is 101 Å². The number of hydrogen-bond donors (Lipinski definition) is 1. The Hall–Kier alpha value is -2.29. The van der Waals surface area contributed by atoms with Gasteiger partial charge in [0.25, 0.3) is 0 Å². The van der Waals surface area contributed by atoms with Gasteiger partial charge < -0.3 is 5.73 Å². The molecular weight excluding hydrogens is 210 g/mol. The first-order valence-corrected chi connectivity index (χ1v) is 5.42. The molecule has 0 aliphatic heterocycles. The smallest absolute Gasteiger partial charge is 0.146 e. The SMILES string of the molecule is C=C/C(=C\N)c1nc(C)cn1-c1ccccc1. The van der Waals surface area contributed by atoms with Crippen molar-refractivity contribution in [1.82, 2.24) is 9.55 Å². The molecule has 0 fully saturated rings. The fraction of sp³-hybridized carbons (Fsp3) is 0.0714. The lowest BCUT2D eigenvalue weighted by Crippen LogP contribution is -2.00. The second-order valence-corrected chi connectivity index (χ2v) is 3.74. The maximum Gasteiger partial charge on any atom is 0.146 e. The Morgan fingerprint density at radius 1 is 1.35 bits per heavy atom. The third-order valence-electron chi connectivity index (χ3n) is 2.52. The molecule has 3 nitrogen and oxygen atoms in total. The highest BCUT2D eigenvalue weighted by Crippen LogP contribution is 2.19. The summed E-state index contributed by atoms with van der Waals surface area (Å²) in [5.41, 5.74) is 8.41. The van der Waals surface area contributed by atoms with Crippen molar-refractivity contribution in [3.05, 3.63) is 66.9 Å². The zero-order valence-corrected chi connectivity index (χ0v) is 9.80. The van der Waals surface area contributed by atoms with E-state index in [9.17, 15) is 0 Å². The van der Waals surface area contributed by atoms with Crippen LogP contribution < -0.4 is 5.73 Å². The van der Waals surface area contributed by atoms with Gasteiger partial charge in [-0.05, 0) is 19.1 Å². The van der Waals surface area contributed by atoms with Gasteiger partial charge in [0.05, 0.1) is 5.69 Å². The minimum absolute atomic E-state index is 0.811. The first-order chi connectivity index (χ1) is 8.26. The highest BCUT2D eigenvalue weighted by atomic mass is 15.1. The van der Waals surface area contributed by atoms with Gasteiger partial charge in [-0.15, -0.1) is 0 Å². The maximum atomic E-state index is 5.58. The number of rotatable bonds is 3. The molecule has 0 atom stereocenters. The van der Waals surface area contributed by atoms with Gasteiger partial charge in [-0.3, -0.25) is 4.57 Å². The molecule has 0 amide bonds. The molecule has 0 saturated carbocycles. The fourth-order valence-corrected chi connectivity index (χ4v) is 1.72. The van der Waals surface area contributed by atoms with Crippen molar-refractivity contribution in [3.63, 3.8) is 0 Å². The number of imidazole rings is 1. The van der Waals surface area contributed by atoms with E-state index in [4.69, 9.17) is 5.73 Å². The Morgan fingerprint density at radius 3 is 2.65 bits per heavy atom. The average molecular weight is 225 g/mol. The van der Waals surface area contributed by atoms with Crippen molar-refractivity contribution in [2.75, 3.05) is 0 Å². The van der Waals surface area contributed by atoms with Gasteiger partial charge in [-0.2, -0.15) is 0 Å². The van der Waals surface area contributed by atoms with Crippen LogP contribution in [-0.4, -0.2) is 9.55 Å². The van der Waals surface area contributed by atoms with Gasteiger partial charge in [0, 0.05) is 23.7 Å². The van der Waals surface area contributed by atoms with Crippen molar-refractivity contribution in [2.24, 2.45) is 5.73 Å². The maximum absolute atomic E-state index is 5.58. The quantitative estimate of drug-likeness (QED) is 0.816. The summed E-state index contributed by atoms with van der Waals surface area (Å²) >= 11 is 0. The topological polar surface area (TPSA) is 43.8 Å². The molecule has 17 heavy (non-hydrogen) atoms. The minimum atomic E-state index is 0.811. The van der Waals surface area contributed by atoms with Crippen LogP contribution in [0.3, 0.4) is 0 Å². The number of allylic oxidation sites excluding steroid dienone is 2. The summed E-state index contributed by atoms with van der Waals surface area (Å²) in [6, 6.07) is 10.0. The highest BCUT2D eigenvalue weighted by molar-refractivity contribution is 5.70. The van der Waals surface area contributed by atoms with E-state index in [0.29, 0.717) is 0 Å². The van der Waals surface area contributed by atoms with Crippen molar-refractivity contribution in [1.29, 1.82) is 0 Å². The summed E-state index contributed by atoms with van der Waals surface area (Å²) in [5.74, 6) is 0.811. The molecule has 2 aromatic rings. The Morgan fingerprint density at radius 2 is 2.06 bits per heavy atom. The second kappa shape index (κ2) is 4.70. The number of nitrogens with two attached hydrogens (primary N) is 1. The number of benzene rings is 1. The molecule has 86 valence electrons. The van der Waals surface area contributed by atoms with Crippen LogP contribution in [0.15, 0.2) is 55.4 Å². The van der Waals surface area contributed by atoms with E-state index in [2.05, 4.69) is 11.6 Å². The predicted octanol–water partition coefficient (Wildman–Crippen LogP) is 2.67. The zero-order valence-electron chi connectivity index (χ0n) is 9.80. The Balaban J connectivity index is 2.59. The predicted molar refractivity (Wildman–Crippen MR) is 70.7 cm³/mol. The molecule has 3 heteroatoms. The highest BCUT2D eigenvalue weighted by Gasteiger charge is 2.09.